The van der Waals surface area contributed by atoms with Crippen molar-refractivity contribution in [1.29, 1.82) is 0 Å². The van der Waals surface area contributed by atoms with Crippen LogP contribution in [0.3, 0.4) is 0 Å². The van der Waals surface area contributed by atoms with E-state index in [9.17, 15) is 18.0 Å². The van der Waals surface area contributed by atoms with E-state index in [-0.39, 0.29) is 18.5 Å². The highest BCUT2D eigenvalue weighted by molar-refractivity contribution is 7.92. The Morgan fingerprint density at radius 2 is 1.55 bits per heavy atom. The minimum Gasteiger partial charge on any atom is -0.352 e. The molecule has 0 bridgehead atoms. The van der Waals surface area contributed by atoms with Gasteiger partial charge < -0.3 is 10.2 Å². The number of benzene rings is 3. The van der Waals surface area contributed by atoms with Crippen LogP contribution in [0.2, 0.25) is 0 Å². The molecule has 7 nitrogen and oxygen atoms in total. The summed E-state index contributed by atoms with van der Waals surface area (Å²) in [6.07, 6.45) is 6.58. The van der Waals surface area contributed by atoms with Crippen LogP contribution in [0.4, 0.5) is 5.69 Å². The molecular weight excluding hydrogens is 546 g/mol. The Bertz CT molecular complexity index is 1480. The zero-order chi connectivity index (χ0) is 30.3. The van der Waals surface area contributed by atoms with Crippen LogP contribution in [0.15, 0.2) is 72.8 Å². The molecule has 0 heterocycles. The van der Waals surface area contributed by atoms with Crippen molar-refractivity contribution in [2.24, 2.45) is 0 Å². The monoisotopic (exact) mass is 589 g/mol. The van der Waals surface area contributed by atoms with Gasteiger partial charge in [-0.25, -0.2) is 8.42 Å². The molecule has 1 atom stereocenters. The molecule has 42 heavy (non-hydrogen) atoms. The van der Waals surface area contributed by atoms with Crippen LogP contribution in [0.5, 0.6) is 0 Å². The fourth-order valence-electron chi connectivity index (χ4n) is 5.71. The molecule has 3 aromatic carbocycles. The summed E-state index contributed by atoms with van der Waals surface area (Å²) in [7, 11) is -3.81. The number of hydrogen-bond donors (Lipinski definition) is 1. The average molecular weight is 590 g/mol. The molecule has 1 aliphatic rings. The molecule has 0 saturated heterocycles. The first kappa shape index (κ1) is 31.3. The first-order valence-corrected chi connectivity index (χ1v) is 16.6. The Labute approximate surface area is 251 Å². The van der Waals surface area contributed by atoms with Crippen molar-refractivity contribution >= 4 is 27.5 Å². The molecule has 0 unspecified atom stereocenters. The van der Waals surface area contributed by atoms with Crippen LogP contribution in [-0.4, -0.2) is 50.0 Å². The zero-order valence-corrected chi connectivity index (χ0v) is 26.0. The third-order valence-corrected chi connectivity index (χ3v) is 9.31. The van der Waals surface area contributed by atoms with Gasteiger partial charge in [-0.1, -0.05) is 91.6 Å². The molecule has 0 radical (unpaired) electrons. The Kier molecular flexibility index (Phi) is 10.4. The maximum absolute atomic E-state index is 14.3. The number of carbonyl (C=O) groups is 2. The number of sulfonamides is 1. The minimum atomic E-state index is -3.81. The summed E-state index contributed by atoms with van der Waals surface area (Å²) in [4.78, 5) is 29.9. The quantitative estimate of drug-likeness (QED) is 0.322. The summed E-state index contributed by atoms with van der Waals surface area (Å²) < 4.78 is 27.3. The first-order chi connectivity index (χ1) is 20.0. The lowest BCUT2D eigenvalue weighted by molar-refractivity contribution is -0.140. The average Bonchev–Trinajstić information content (AvgIpc) is 2.95. The largest absolute Gasteiger partial charge is 0.352 e. The van der Waals surface area contributed by atoms with E-state index in [4.69, 9.17) is 0 Å². The normalized spacial score (nSPS) is 14.7. The Balaban J connectivity index is 1.74. The Hall–Kier alpha value is -3.65. The molecule has 8 heteroatoms. The van der Waals surface area contributed by atoms with E-state index in [2.05, 4.69) is 5.32 Å². The maximum atomic E-state index is 14.3. The summed E-state index contributed by atoms with van der Waals surface area (Å²) in [6.45, 7) is 5.53. The third kappa shape index (κ3) is 8.22. The van der Waals surface area contributed by atoms with E-state index in [1.165, 1.54) is 4.31 Å². The fraction of sp³-hybridized carbons (Fsp3) is 0.412. The molecular formula is C34H43N3O4S. The summed E-state index contributed by atoms with van der Waals surface area (Å²) >= 11 is 0. The van der Waals surface area contributed by atoms with Gasteiger partial charge in [0.25, 0.3) is 0 Å². The van der Waals surface area contributed by atoms with Gasteiger partial charge in [0.05, 0.1) is 11.9 Å². The van der Waals surface area contributed by atoms with Crippen LogP contribution in [0.1, 0.15) is 59.9 Å². The molecule has 2 amide bonds. The summed E-state index contributed by atoms with van der Waals surface area (Å²) in [5, 5.41) is 3.24. The highest BCUT2D eigenvalue weighted by Gasteiger charge is 2.34. The van der Waals surface area contributed by atoms with Crippen LogP contribution < -0.4 is 9.62 Å². The second-order valence-electron chi connectivity index (χ2n) is 11.5. The number of amides is 2. The van der Waals surface area contributed by atoms with E-state index >= 15 is 0 Å². The highest BCUT2D eigenvalue weighted by Crippen LogP contribution is 2.26. The van der Waals surface area contributed by atoms with Crippen LogP contribution >= 0.6 is 0 Å². The van der Waals surface area contributed by atoms with E-state index in [0.717, 1.165) is 66.2 Å². The second kappa shape index (κ2) is 14.0. The summed E-state index contributed by atoms with van der Waals surface area (Å²) in [5.74, 6) is -0.632. The van der Waals surface area contributed by atoms with Crippen molar-refractivity contribution in [1.82, 2.24) is 10.2 Å². The zero-order valence-electron chi connectivity index (χ0n) is 25.2. The van der Waals surface area contributed by atoms with Gasteiger partial charge in [-0.3, -0.25) is 13.9 Å². The molecule has 3 aromatic rings. The lowest BCUT2D eigenvalue weighted by atomic mass is 9.94. The van der Waals surface area contributed by atoms with Gasteiger partial charge in [-0.2, -0.15) is 0 Å². The lowest BCUT2D eigenvalue weighted by Crippen LogP contribution is -2.55. The number of nitrogens with one attached hydrogen (secondary N) is 1. The van der Waals surface area contributed by atoms with Crippen molar-refractivity contribution in [3.05, 3.63) is 101 Å². The second-order valence-corrected chi connectivity index (χ2v) is 13.5. The van der Waals surface area contributed by atoms with E-state index in [0.29, 0.717) is 12.1 Å². The molecule has 1 aliphatic carbocycles. The van der Waals surface area contributed by atoms with Gasteiger partial charge in [0.2, 0.25) is 21.8 Å². The number of aryl methyl sites for hydroxylation is 2. The van der Waals surface area contributed by atoms with Crippen LogP contribution in [0, 0.1) is 20.8 Å². The number of rotatable bonds is 11. The topological polar surface area (TPSA) is 86.8 Å². The molecule has 0 spiro atoms. The first-order valence-electron chi connectivity index (χ1n) is 14.8. The van der Waals surface area contributed by atoms with Crippen molar-refractivity contribution in [2.75, 3.05) is 17.1 Å². The molecule has 224 valence electrons. The molecule has 1 N–H and O–H groups in total. The van der Waals surface area contributed by atoms with Gasteiger partial charge in [-0.15, -0.1) is 0 Å². The Morgan fingerprint density at radius 1 is 0.881 bits per heavy atom. The SMILES string of the molecule is Cc1cccc(CN(C(=O)CN(c2cccc(C)c2C)S(C)(=O)=O)[C@@H](Cc2ccccc2)C(=O)NC2CCCCC2)c1. The number of nitrogens with zero attached hydrogens (tertiary/aromatic N) is 2. The fourth-order valence-corrected chi connectivity index (χ4v) is 6.61. The van der Waals surface area contributed by atoms with Gasteiger partial charge >= 0.3 is 0 Å². The number of anilines is 1. The predicted octanol–water partition coefficient (Wildman–Crippen LogP) is 5.47. The molecule has 0 aliphatic heterocycles. The minimum absolute atomic E-state index is 0.0721. The van der Waals surface area contributed by atoms with Crippen molar-refractivity contribution in [3.63, 3.8) is 0 Å². The van der Waals surface area contributed by atoms with Gasteiger partial charge in [-0.05, 0) is 61.9 Å². The van der Waals surface area contributed by atoms with Gasteiger partial charge in [0.15, 0.2) is 0 Å². The summed E-state index contributed by atoms with van der Waals surface area (Å²) in [5.41, 5.74) is 5.03. The molecule has 1 fully saturated rings. The van der Waals surface area contributed by atoms with Crippen molar-refractivity contribution in [2.45, 2.75) is 77.9 Å². The van der Waals surface area contributed by atoms with E-state index in [1.54, 1.807) is 17.0 Å². The van der Waals surface area contributed by atoms with Gasteiger partial charge in [0, 0.05) is 19.0 Å². The number of carbonyl (C=O) groups excluding carboxylic acids is 2. The standard InChI is InChI=1S/C34H43N3O4S/c1-25-13-11-17-29(21-25)23-36(33(38)24-37(42(4,40)41)31-20-12-14-26(2)27(31)3)32(22-28-15-7-5-8-16-28)34(39)35-30-18-9-6-10-19-30/h5,7-8,11-17,20-21,30,32H,6,9-10,18-19,22-24H2,1-4H3,(H,35,39)/t32-/m0/s1. The summed E-state index contributed by atoms with van der Waals surface area (Å²) in [6, 6.07) is 22.2. The molecule has 4 rings (SSSR count). The van der Waals surface area contributed by atoms with Crippen LogP contribution in [0.25, 0.3) is 0 Å². The van der Waals surface area contributed by atoms with Gasteiger partial charge in [0.1, 0.15) is 12.6 Å². The van der Waals surface area contributed by atoms with E-state index < -0.39 is 28.5 Å². The molecule has 0 aromatic heterocycles. The van der Waals surface area contributed by atoms with Crippen molar-refractivity contribution < 1.29 is 18.0 Å². The predicted molar refractivity (Wildman–Crippen MR) is 169 cm³/mol. The Morgan fingerprint density at radius 3 is 2.21 bits per heavy atom. The lowest BCUT2D eigenvalue weighted by Gasteiger charge is -2.35. The number of hydrogen-bond acceptors (Lipinski definition) is 4. The maximum Gasteiger partial charge on any atom is 0.244 e. The highest BCUT2D eigenvalue weighted by atomic mass is 32.2. The molecule has 1 saturated carbocycles. The van der Waals surface area contributed by atoms with E-state index in [1.807, 2.05) is 81.4 Å². The van der Waals surface area contributed by atoms with Crippen LogP contribution in [-0.2, 0) is 32.6 Å². The third-order valence-electron chi connectivity index (χ3n) is 8.18. The van der Waals surface area contributed by atoms with Crippen molar-refractivity contribution in [3.8, 4) is 0 Å². The smallest absolute Gasteiger partial charge is 0.244 e.